The van der Waals surface area contributed by atoms with E-state index in [2.05, 4.69) is 0 Å². The number of ether oxygens (including phenoxy) is 2. The number of rotatable bonds is 3. The molecule has 0 spiro atoms. The van der Waals surface area contributed by atoms with Crippen LogP contribution in [0.15, 0.2) is 18.2 Å². The van der Waals surface area contributed by atoms with Crippen LogP contribution < -0.4 is 14.9 Å². The van der Waals surface area contributed by atoms with Crippen LogP contribution in [0.25, 0.3) is 0 Å². The van der Waals surface area contributed by atoms with E-state index in [1.165, 1.54) is 12.8 Å². The van der Waals surface area contributed by atoms with Crippen LogP contribution >= 0.6 is 0 Å². The van der Waals surface area contributed by atoms with Gasteiger partial charge < -0.3 is 9.47 Å². The van der Waals surface area contributed by atoms with E-state index in [9.17, 15) is 0 Å². The second kappa shape index (κ2) is 3.33. The summed E-state index contributed by atoms with van der Waals surface area (Å²) in [7, 11) is 3.71. The van der Waals surface area contributed by atoms with Crippen molar-refractivity contribution in [2.24, 2.45) is 0 Å². The first-order chi connectivity index (χ1) is 6.29. The van der Waals surface area contributed by atoms with Crippen LogP contribution in [0.5, 0.6) is 11.5 Å². The molecule has 3 heteroatoms. The van der Waals surface area contributed by atoms with Gasteiger partial charge in [-0.25, -0.2) is 0 Å². The highest BCUT2D eigenvalue weighted by Crippen LogP contribution is 2.27. The standard InChI is InChI=1S/C10H13BO2/c1-12-10-6-8(4-5-9(10)11)13-7-2-3-7/h4-7H,2-3,11H2,1H3. The summed E-state index contributed by atoms with van der Waals surface area (Å²) in [4.78, 5) is 0. The van der Waals surface area contributed by atoms with Crippen LogP contribution in [0.1, 0.15) is 12.8 Å². The van der Waals surface area contributed by atoms with Gasteiger partial charge in [-0.05, 0) is 24.4 Å². The predicted octanol–water partition coefficient (Wildman–Crippen LogP) is 0.495. The van der Waals surface area contributed by atoms with Gasteiger partial charge in [0.1, 0.15) is 19.3 Å². The SMILES string of the molecule is Bc1ccc(OC2CC2)cc1OC. The van der Waals surface area contributed by atoms with Crippen molar-refractivity contribution in [3.63, 3.8) is 0 Å². The van der Waals surface area contributed by atoms with Gasteiger partial charge in [0.2, 0.25) is 0 Å². The molecule has 0 bridgehead atoms. The van der Waals surface area contributed by atoms with Crippen molar-refractivity contribution >= 4 is 13.3 Å². The second-order valence-electron chi connectivity index (χ2n) is 3.45. The minimum Gasteiger partial charge on any atom is -0.497 e. The van der Waals surface area contributed by atoms with Crippen molar-refractivity contribution in [3.05, 3.63) is 18.2 Å². The topological polar surface area (TPSA) is 18.5 Å². The molecule has 0 N–H and O–H groups in total. The molecule has 0 saturated heterocycles. The number of hydrogen-bond donors (Lipinski definition) is 0. The number of methoxy groups -OCH3 is 1. The van der Waals surface area contributed by atoms with Gasteiger partial charge in [-0.3, -0.25) is 0 Å². The lowest BCUT2D eigenvalue weighted by molar-refractivity contribution is 0.301. The van der Waals surface area contributed by atoms with E-state index in [0.717, 1.165) is 17.0 Å². The van der Waals surface area contributed by atoms with Crippen molar-refractivity contribution in [2.45, 2.75) is 18.9 Å². The zero-order valence-corrected chi connectivity index (χ0v) is 8.04. The molecule has 2 nitrogen and oxygen atoms in total. The van der Waals surface area contributed by atoms with Crippen LogP contribution in [0.3, 0.4) is 0 Å². The average Bonchev–Trinajstić information content (AvgIpc) is 2.92. The van der Waals surface area contributed by atoms with E-state index in [-0.39, 0.29) is 0 Å². The molecule has 1 saturated carbocycles. The lowest BCUT2D eigenvalue weighted by atomic mass is 9.95. The molecule has 13 heavy (non-hydrogen) atoms. The van der Waals surface area contributed by atoms with E-state index in [4.69, 9.17) is 9.47 Å². The molecule has 68 valence electrons. The predicted molar refractivity (Wildman–Crippen MR) is 54.8 cm³/mol. The van der Waals surface area contributed by atoms with Gasteiger partial charge in [-0.2, -0.15) is 0 Å². The maximum atomic E-state index is 5.64. The van der Waals surface area contributed by atoms with Gasteiger partial charge in [0, 0.05) is 6.07 Å². The third-order valence-corrected chi connectivity index (χ3v) is 2.21. The Hall–Kier alpha value is -1.12. The Morgan fingerprint density at radius 3 is 2.77 bits per heavy atom. The quantitative estimate of drug-likeness (QED) is 0.624. The first kappa shape index (κ1) is 8.48. The molecular weight excluding hydrogens is 163 g/mol. The van der Waals surface area contributed by atoms with Crippen molar-refractivity contribution in [2.75, 3.05) is 7.11 Å². The third-order valence-electron chi connectivity index (χ3n) is 2.21. The van der Waals surface area contributed by atoms with E-state index < -0.39 is 0 Å². The normalized spacial score (nSPS) is 15.5. The second-order valence-corrected chi connectivity index (χ2v) is 3.45. The largest absolute Gasteiger partial charge is 0.497 e. The molecule has 1 aromatic rings. The Balaban J connectivity index is 2.16. The van der Waals surface area contributed by atoms with Crippen molar-refractivity contribution in [1.82, 2.24) is 0 Å². The summed E-state index contributed by atoms with van der Waals surface area (Å²) < 4.78 is 10.9. The first-order valence-electron chi connectivity index (χ1n) is 4.61. The van der Waals surface area contributed by atoms with Crippen LogP contribution in [0.4, 0.5) is 0 Å². The van der Waals surface area contributed by atoms with E-state index in [1.54, 1.807) is 7.11 Å². The van der Waals surface area contributed by atoms with Gasteiger partial charge in [-0.15, -0.1) is 0 Å². The lowest BCUT2D eigenvalue weighted by Gasteiger charge is -2.08. The van der Waals surface area contributed by atoms with Gasteiger partial charge in [0.15, 0.2) is 0 Å². The molecule has 0 heterocycles. The molecule has 2 rings (SSSR count). The number of benzene rings is 1. The zero-order valence-electron chi connectivity index (χ0n) is 8.04. The summed E-state index contributed by atoms with van der Waals surface area (Å²) in [5.41, 5.74) is 1.14. The fraction of sp³-hybridized carbons (Fsp3) is 0.400. The summed E-state index contributed by atoms with van der Waals surface area (Å²) >= 11 is 0. The van der Waals surface area contributed by atoms with Crippen LogP contribution in [0, 0.1) is 0 Å². The summed E-state index contributed by atoms with van der Waals surface area (Å²) in [6.07, 6.45) is 2.83. The average molecular weight is 176 g/mol. The van der Waals surface area contributed by atoms with E-state index >= 15 is 0 Å². The van der Waals surface area contributed by atoms with Crippen molar-refractivity contribution < 1.29 is 9.47 Å². The summed E-state index contributed by atoms with van der Waals surface area (Å²) in [5, 5.41) is 0. The van der Waals surface area contributed by atoms with Gasteiger partial charge >= 0.3 is 0 Å². The summed E-state index contributed by atoms with van der Waals surface area (Å²) in [6.45, 7) is 0. The number of hydrogen-bond acceptors (Lipinski definition) is 2. The monoisotopic (exact) mass is 176 g/mol. The molecule has 0 radical (unpaired) electrons. The molecular formula is C10H13BO2. The fourth-order valence-electron chi connectivity index (χ4n) is 1.25. The Kier molecular flexibility index (Phi) is 2.17. The van der Waals surface area contributed by atoms with E-state index in [0.29, 0.717) is 6.10 Å². The summed E-state index contributed by atoms with van der Waals surface area (Å²) in [5.74, 6) is 1.82. The van der Waals surface area contributed by atoms with Crippen LogP contribution in [-0.2, 0) is 0 Å². The molecule has 0 aromatic heterocycles. The summed E-state index contributed by atoms with van der Waals surface area (Å²) in [6, 6.07) is 5.97. The highest BCUT2D eigenvalue weighted by molar-refractivity contribution is 6.34. The third kappa shape index (κ3) is 1.97. The minimum absolute atomic E-state index is 0.451. The van der Waals surface area contributed by atoms with E-state index in [1.807, 2.05) is 26.0 Å². The molecule has 0 amide bonds. The van der Waals surface area contributed by atoms with Gasteiger partial charge in [0.25, 0.3) is 0 Å². The first-order valence-corrected chi connectivity index (χ1v) is 4.61. The highest BCUT2D eigenvalue weighted by atomic mass is 16.5. The van der Waals surface area contributed by atoms with Gasteiger partial charge in [-0.1, -0.05) is 6.07 Å². The Morgan fingerprint density at radius 1 is 1.38 bits per heavy atom. The van der Waals surface area contributed by atoms with Crippen LogP contribution in [0.2, 0.25) is 0 Å². The molecule has 1 aromatic carbocycles. The Labute approximate surface area is 79.3 Å². The maximum Gasteiger partial charge on any atom is 0.144 e. The molecule has 1 aliphatic rings. The molecule has 0 atom stereocenters. The van der Waals surface area contributed by atoms with Crippen molar-refractivity contribution in [3.8, 4) is 11.5 Å². The fourth-order valence-corrected chi connectivity index (χ4v) is 1.25. The highest BCUT2D eigenvalue weighted by Gasteiger charge is 2.23. The molecule has 0 unspecified atom stereocenters. The Morgan fingerprint density at radius 2 is 2.15 bits per heavy atom. The smallest absolute Gasteiger partial charge is 0.144 e. The zero-order chi connectivity index (χ0) is 9.26. The molecule has 0 aliphatic heterocycles. The van der Waals surface area contributed by atoms with Gasteiger partial charge in [0.05, 0.1) is 13.2 Å². The molecule has 1 aliphatic carbocycles. The van der Waals surface area contributed by atoms with Crippen LogP contribution in [-0.4, -0.2) is 21.1 Å². The molecule has 1 fully saturated rings. The lowest BCUT2D eigenvalue weighted by Crippen LogP contribution is -2.07. The van der Waals surface area contributed by atoms with Crippen molar-refractivity contribution in [1.29, 1.82) is 0 Å². The maximum absolute atomic E-state index is 5.64. The Bertz CT molecular complexity index is 308. The minimum atomic E-state index is 0.451.